The summed E-state index contributed by atoms with van der Waals surface area (Å²) in [7, 11) is 0. The van der Waals surface area contributed by atoms with Crippen LogP contribution in [-0.2, 0) is 9.59 Å². The van der Waals surface area contributed by atoms with Crippen LogP contribution in [0.3, 0.4) is 0 Å². The first kappa shape index (κ1) is 9.90. The Morgan fingerprint density at radius 1 is 1.15 bits per heavy atom. The van der Waals surface area contributed by atoms with E-state index < -0.39 is 0 Å². The van der Waals surface area contributed by atoms with Crippen molar-refractivity contribution in [1.29, 1.82) is 0 Å². The van der Waals surface area contributed by atoms with Gasteiger partial charge in [0.25, 0.3) is 0 Å². The van der Waals surface area contributed by atoms with Gasteiger partial charge in [-0.15, -0.1) is 0 Å². The number of hydrogen-bond donors (Lipinski definition) is 0. The lowest BCUT2D eigenvalue weighted by Crippen LogP contribution is -2.07. The van der Waals surface area contributed by atoms with Crippen molar-refractivity contribution in [3.8, 4) is 0 Å². The van der Waals surface area contributed by atoms with Crippen LogP contribution in [0.2, 0.25) is 0 Å². The molecular weight excluding hydrogens is 164 g/mol. The molecule has 0 saturated carbocycles. The summed E-state index contributed by atoms with van der Waals surface area (Å²) in [5, 5.41) is 0. The van der Waals surface area contributed by atoms with Gasteiger partial charge in [-0.25, -0.2) is 0 Å². The number of rotatable bonds is 4. The van der Waals surface area contributed by atoms with Crippen molar-refractivity contribution in [2.45, 2.75) is 32.6 Å². The van der Waals surface area contributed by atoms with Gasteiger partial charge in [-0.2, -0.15) is 0 Å². The van der Waals surface area contributed by atoms with Crippen LogP contribution < -0.4 is 0 Å². The van der Waals surface area contributed by atoms with Gasteiger partial charge in [0, 0.05) is 5.57 Å². The Balaban J connectivity index is 2.48. The Kier molecular flexibility index (Phi) is 3.62. The molecular formula is C11H14O2. The second-order valence-electron chi connectivity index (χ2n) is 3.23. The summed E-state index contributed by atoms with van der Waals surface area (Å²) in [4.78, 5) is 22.2. The number of ketones is 2. The molecule has 0 aromatic rings. The van der Waals surface area contributed by atoms with E-state index in [9.17, 15) is 9.59 Å². The number of allylic oxidation sites excluding steroid dienone is 4. The van der Waals surface area contributed by atoms with Crippen molar-refractivity contribution in [2.75, 3.05) is 0 Å². The van der Waals surface area contributed by atoms with Gasteiger partial charge in [-0.05, 0) is 31.1 Å². The summed E-state index contributed by atoms with van der Waals surface area (Å²) in [6.45, 7) is 2.11. The lowest BCUT2D eigenvalue weighted by atomic mass is 9.98. The van der Waals surface area contributed by atoms with Crippen LogP contribution in [-0.4, -0.2) is 11.6 Å². The SMILES string of the molecule is CCCCCC1=CC(=O)C=CC1=O. The predicted molar refractivity (Wildman–Crippen MR) is 51.4 cm³/mol. The van der Waals surface area contributed by atoms with Gasteiger partial charge < -0.3 is 0 Å². The average molecular weight is 178 g/mol. The molecule has 13 heavy (non-hydrogen) atoms. The van der Waals surface area contributed by atoms with Crippen molar-refractivity contribution in [2.24, 2.45) is 0 Å². The standard InChI is InChI=1S/C11H14O2/c1-2-3-4-5-9-8-10(12)6-7-11(9)13/h6-8H,2-5H2,1H3. The van der Waals surface area contributed by atoms with E-state index in [-0.39, 0.29) is 11.6 Å². The van der Waals surface area contributed by atoms with Crippen molar-refractivity contribution < 1.29 is 9.59 Å². The van der Waals surface area contributed by atoms with Crippen LogP contribution in [0.15, 0.2) is 23.8 Å². The lowest BCUT2D eigenvalue weighted by Gasteiger charge is -2.05. The Hall–Kier alpha value is -1.18. The third-order valence-electron chi connectivity index (χ3n) is 2.08. The maximum atomic E-state index is 11.2. The Morgan fingerprint density at radius 2 is 1.92 bits per heavy atom. The Labute approximate surface area is 78.3 Å². The van der Waals surface area contributed by atoms with Gasteiger partial charge >= 0.3 is 0 Å². The van der Waals surface area contributed by atoms with E-state index in [1.54, 1.807) is 0 Å². The summed E-state index contributed by atoms with van der Waals surface area (Å²) >= 11 is 0. The maximum absolute atomic E-state index is 11.2. The highest BCUT2D eigenvalue weighted by Crippen LogP contribution is 2.13. The molecule has 0 bridgehead atoms. The molecule has 0 heterocycles. The Bertz CT molecular complexity index is 272. The van der Waals surface area contributed by atoms with Crippen molar-refractivity contribution >= 4 is 11.6 Å². The lowest BCUT2D eigenvalue weighted by molar-refractivity contribution is -0.114. The van der Waals surface area contributed by atoms with Gasteiger partial charge in [0.15, 0.2) is 11.6 Å². The van der Waals surface area contributed by atoms with E-state index in [1.165, 1.54) is 18.2 Å². The number of hydrogen-bond acceptors (Lipinski definition) is 2. The minimum absolute atomic E-state index is 0.00398. The third-order valence-corrected chi connectivity index (χ3v) is 2.08. The fourth-order valence-electron chi connectivity index (χ4n) is 1.32. The minimum atomic E-state index is -0.0638. The average Bonchev–Trinajstić information content (AvgIpc) is 2.11. The van der Waals surface area contributed by atoms with Gasteiger partial charge in [0.2, 0.25) is 0 Å². The van der Waals surface area contributed by atoms with Crippen molar-refractivity contribution in [1.82, 2.24) is 0 Å². The second kappa shape index (κ2) is 4.75. The molecule has 1 rings (SSSR count). The number of unbranched alkanes of at least 4 members (excludes halogenated alkanes) is 2. The zero-order valence-corrected chi connectivity index (χ0v) is 7.88. The van der Waals surface area contributed by atoms with Gasteiger partial charge in [0.05, 0.1) is 0 Å². The molecule has 0 atom stereocenters. The van der Waals surface area contributed by atoms with Gasteiger partial charge in [0.1, 0.15) is 0 Å². The highest BCUT2D eigenvalue weighted by Gasteiger charge is 2.11. The first-order valence-electron chi connectivity index (χ1n) is 4.71. The van der Waals surface area contributed by atoms with E-state index in [4.69, 9.17) is 0 Å². The molecule has 0 amide bonds. The maximum Gasteiger partial charge on any atom is 0.182 e. The van der Waals surface area contributed by atoms with E-state index in [2.05, 4.69) is 6.92 Å². The van der Waals surface area contributed by atoms with Crippen molar-refractivity contribution in [3.63, 3.8) is 0 Å². The number of carbonyl (C=O) groups excluding carboxylic acids is 2. The number of carbonyl (C=O) groups is 2. The highest BCUT2D eigenvalue weighted by atomic mass is 16.1. The molecule has 0 radical (unpaired) electrons. The minimum Gasteiger partial charge on any atom is -0.290 e. The van der Waals surface area contributed by atoms with E-state index >= 15 is 0 Å². The highest BCUT2D eigenvalue weighted by molar-refractivity contribution is 6.17. The predicted octanol–water partition coefficient (Wildman–Crippen LogP) is 2.20. The zero-order valence-electron chi connectivity index (χ0n) is 7.88. The fraction of sp³-hybridized carbons (Fsp3) is 0.455. The van der Waals surface area contributed by atoms with E-state index in [0.717, 1.165) is 25.7 Å². The molecule has 0 saturated heterocycles. The second-order valence-corrected chi connectivity index (χ2v) is 3.23. The quantitative estimate of drug-likeness (QED) is 0.488. The van der Waals surface area contributed by atoms with Crippen LogP contribution in [0.25, 0.3) is 0 Å². The molecule has 2 nitrogen and oxygen atoms in total. The van der Waals surface area contributed by atoms with Crippen LogP contribution >= 0.6 is 0 Å². The smallest absolute Gasteiger partial charge is 0.182 e. The fourth-order valence-corrected chi connectivity index (χ4v) is 1.32. The third kappa shape index (κ3) is 2.98. The summed E-state index contributed by atoms with van der Waals surface area (Å²) in [5.41, 5.74) is 0.668. The molecule has 70 valence electrons. The first-order chi connectivity index (χ1) is 6.24. The van der Waals surface area contributed by atoms with E-state index in [0.29, 0.717) is 5.57 Å². The molecule has 0 unspecified atom stereocenters. The molecule has 0 aliphatic heterocycles. The normalized spacial score (nSPS) is 16.2. The summed E-state index contributed by atoms with van der Waals surface area (Å²) in [5.74, 6) is -0.0678. The molecule has 2 heteroatoms. The van der Waals surface area contributed by atoms with Crippen molar-refractivity contribution in [3.05, 3.63) is 23.8 Å². The summed E-state index contributed by atoms with van der Waals surface area (Å²) in [6, 6.07) is 0. The van der Waals surface area contributed by atoms with Crippen LogP contribution in [0.1, 0.15) is 32.6 Å². The summed E-state index contributed by atoms with van der Waals surface area (Å²) < 4.78 is 0. The molecule has 0 aromatic carbocycles. The van der Waals surface area contributed by atoms with Crippen LogP contribution in [0, 0.1) is 0 Å². The topological polar surface area (TPSA) is 34.1 Å². The molecule has 0 N–H and O–H groups in total. The molecule has 1 aliphatic rings. The first-order valence-corrected chi connectivity index (χ1v) is 4.71. The monoisotopic (exact) mass is 178 g/mol. The molecule has 0 fully saturated rings. The van der Waals surface area contributed by atoms with Gasteiger partial charge in [-0.1, -0.05) is 19.8 Å². The molecule has 0 aromatic heterocycles. The van der Waals surface area contributed by atoms with Gasteiger partial charge in [-0.3, -0.25) is 9.59 Å². The van der Waals surface area contributed by atoms with E-state index in [1.807, 2.05) is 0 Å². The summed E-state index contributed by atoms with van der Waals surface area (Å²) in [6.07, 6.45) is 8.12. The molecule has 0 spiro atoms. The largest absolute Gasteiger partial charge is 0.290 e. The Morgan fingerprint density at radius 3 is 2.62 bits per heavy atom. The zero-order chi connectivity index (χ0) is 9.68. The molecule has 1 aliphatic carbocycles. The van der Waals surface area contributed by atoms with Crippen LogP contribution in [0.5, 0.6) is 0 Å². The van der Waals surface area contributed by atoms with Crippen LogP contribution in [0.4, 0.5) is 0 Å².